The van der Waals surface area contributed by atoms with Crippen molar-refractivity contribution in [1.29, 1.82) is 0 Å². The van der Waals surface area contributed by atoms with Gasteiger partial charge in [-0.2, -0.15) is 0 Å². The number of benzene rings is 1. The number of urea groups is 1. The Morgan fingerprint density at radius 2 is 1.23 bits per heavy atom. The average Bonchev–Trinajstić information content (AvgIpc) is 3.83. The first-order valence-electron chi connectivity index (χ1n) is 25.0. The van der Waals surface area contributed by atoms with Gasteiger partial charge >= 0.3 is 6.03 Å². The van der Waals surface area contributed by atoms with Crippen LogP contribution in [0.15, 0.2) is 48.8 Å². The van der Waals surface area contributed by atoms with E-state index in [2.05, 4.69) is 47.5 Å². The second-order valence-electron chi connectivity index (χ2n) is 19.1. The Balaban J connectivity index is 1.92. The number of hydrogen-bond acceptors (Lipinski definition) is 14. The van der Waals surface area contributed by atoms with Gasteiger partial charge in [-0.3, -0.25) is 43.3 Å². The molecule has 9 amide bonds. The minimum atomic E-state index is -1.65. The van der Waals surface area contributed by atoms with Crippen LogP contribution >= 0.6 is 0 Å². The molecule has 1 fully saturated rings. The molecule has 1 aliphatic rings. The molecule has 73 heavy (non-hydrogen) atoms. The number of phenolic OH excluding ortho intramolecular Hbond substituents is 1. The first kappa shape index (κ1) is 60.6. The maximum Gasteiger partial charge on any atom is 0.312 e. The lowest BCUT2D eigenvalue weighted by atomic mass is 10.00. The molecule has 2 aromatic rings. The van der Waals surface area contributed by atoms with E-state index in [-0.39, 0.29) is 62.8 Å². The third-order valence-electron chi connectivity index (χ3n) is 12.0. The maximum atomic E-state index is 14.5. The van der Waals surface area contributed by atoms with Crippen LogP contribution in [0.3, 0.4) is 0 Å². The number of amides is 9. The van der Waals surface area contributed by atoms with Crippen molar-refractivity contribution in [3.8, 4) is 5.75 Å². The van der Waals surface area contributed by atoms with Crippen LogP contribution in [0.25, 0.3) is 0 Å². The lowest BCUT2D eigenvalue weighted by Gasteiger charge is -2.30. The Labute approximate surface area is 427 Å². The summed E-state index contributed by atoms with van der Waals surface area (Å²) in [5, 5.41) is 42.1. The Bertz CT molecular complexity index is 2110. The Hall–Kier alpha value is -6.72. The fraction of sp³-hybridized carbons (Fsp3) is 0.600. The molecule has 8 atom stereocenters. The third-order valence-corrected chi connectivity index (χ3v) is 12.0. The number of nitrogens with two attached hydrogens (primary N) is 2. The van der Waals surface area contributed by atoms with Gasteiger partial charge in [0.25, 0.3) is 0 Å². The number of phenols is 1. The molecule has 23 heteroatoms. The molecule has 0 unspecified atom stereocenters. The second-order valence-corrected chi connectivity index (χ2v) is 19.1. The molecule has 1 radical (unpaired) electrons. The van der Waals surface area contributed by atoms with E-state index < -0.39 is 102 Å². The highest BCUT2D eigenvalue weighted by atomic mass is 16.3. The monoisotopic (exact) mass is 1020 g/mol. The van der Waals surface area contributed by atoms with Gasteiger partial charge in [0.1, 0.15) is 42.0 Å². The molecular weight excluding hydrogens is 945 g/mol. The van der Waals surface area contributed by atoms with Gasteiger partial charge in [-0.05, 0) is 106 Å². The van der Waals surface area contributed by atoms with Crippen molar-refractivity contribution in [1.82, 2.24) is 52.4 Å². The number of nitrogens with zero attached hydrogens (tertiary/aromatic N) is 2. The summed E-state index contributed by atoms with van der Waals surface area (Å²) in [6.07, 6.45) is 7.92. The summed E-state index contributed by atoms with van der Waals surface area (Å²) in [4.78, 5) is 126. The fourth-order valence-corrected chi connectivity index (χ4v) is 8.03. The molecule has 1 saturated heterocycles. The molecule has 23 nitrogen and oxygen atoms in total. The quantitative estimate of drug-likeness (QED) is 0.0391. The van der Waals surface area contributed by atoms with Crippen molar-refractivity contribution in [3.63, 3.8) is 0 Å². The van der Waals surface area contributed by atoms with Crippen molar-refractivity contribution in [2.45, 2.75) is 160 Å². The highest BCUT2D eigenvalue weighted by Crippen LogP contribution is 2.19. The zero-order valence-electron chi connectivity index (χ0n) is 42.6. The number of likely N-dealkylation sites (tertiary alicyclic amines) is 1. The van der Waals surface area contributed by atoms with E-state index >= 15 is 0 Å². The van der Waals surface area contributed by atoms with Crippen molar-refractivity contribution >= 4 is 53.7 Å². The molecule has 14 N–H and O–H groups in total. The number of primary amides is 1. The third kappa shape index (κ3) is 21.9. The van der Waals surface area contributed by atoms with E-state index in [0.29, 0.717) is 56.3 Å². The van der Waals surface area contributed by atoms with Crippen LogP contribution in [0.4, 0.5) is 4.79 Å². The number of aromatic hydroxyl groups is 1. The smallest absolute Gasteiger partial charge is 0.312 e. The minimum Gasteiger partial charge on any atom is -0.508 e. The van der Waals surface area contributed by atoms with Gasteiger partial charge in [0.05, 0.1) is 18.7 Å². The number of unbranched alkanes of at least 4 members (excludes halogenated alkanes) is 2. The first-order valence-corrected chi connectivity index (χ1v) is 25.0. The van der Waals surface area contributed by atoms with Crippen molar-refractivity contribution in [3.05, 3.63) is 59.9 Å². The summed E-state index contributed by atoms with van der Waals surface area (Å²) < 4.78 is 0. The largest absolute Gasteiger partial charge is 0.508 e. The van der Waals surface area contributed by atoms with Crippen LogP contribution < -0.4 is 54.0 Å². The SMILES string of the molecule is CC(C)C[C@H](NC(=O)[C@@H](CCCCNC(N)=O)NC(=O)[C@H](Cc1ccc(O)cc1)NC(=O)[C@H](CO)NC(=O)[C@@H](Cc1cccnc1)NC(=O)[C@H](C)N)C(=O)N[C@@H](CCCCNC(C)C)C(=O)N1CCC[C@H]1[C]=O. The zero-order chi connectivity index (χ0) is 54.0. The molecule has 1 aliphatic heterocycles. The molecule has 0 aliphatic carbocycles. The van der Waals surface area contributed by atoms with E-state index in [1.165, 1.54) is 48.5 Å². The predicted molar refractivity (Wildman–Crippen MR) is 270 cm³/mol. The van der Waals surface area contributed by atoms with E-state index in [1.807, 2.05) is 34.0 Å². The lowest BCUT2D eigenvalue weighted by molar-refractivity contribution is -0.138. The zero-order valence-corrected chi connectivity index (χ0v) is 42.6. The molecule has 0 saturated carbocycles. The molecule has 3 rings (SSSR count). The summed E-state index contributed by atoms with van der Waals surface area (Å²) in [6, 6.07) is -1.16. The Morgan fingerprint density at radius 3 is 1.81 bits per heavy atom. The number of carbonyl (C=O) groups excluding carboxylic acids is 9. The number of carbonyl (C=O) groups is 8. The maximum absolute atomic E-state index is 14.5. The summed E-state index contributed by atoms with van der Waals surface area (Å²) in [5.74, 6) is -5.50. The van der Waals surface area contributed by atoms with Gasteiger partial charge in [-0.15, -0.1) is 0 Å². The number of aliphatic hydroxyl groups excluding tert-OH is 1. The van der Waals surface area contributed by atoms with Crippen LogP contribution in [0.1, 0.15) is 104 Å². The summed E-state index contributed by atoms with van der Waals surface area (Å²) >= 11 is 0. The standard InChI is InChI=1S/C50H77N12O11/c1-30(2)24-39(45(68)57-38(15-7-8-21-54-31(3)4)49(72)62-23-11-13-35(62)28-63)59-44(67)37(14-6-9-22-55-50(52)73)56-46(69)40(25-33-16-18-36(65)19-17-33)60-48(71)42(29-64)61-47(70)41(58-43(66)32(5)51)26-34-12-10-20-53-27-34/h10,12,16-20,27,30-32,35,37-42,54,64-65H,6-9,11,13-15,21-26,29,51H2,1-5H3,(H,56,69)(H,57,68)(H,58,66)(H,59,67)(H,60,71)(H,61,70)(H3,52,55,73)/t32-,35-,37+,38-,39-,40-,41+,42-/m0/s1. The van der Waals surface area contributed by atoms with Crippen LogP contribution in [-0.2, 0) is 51.2 Å². The van der Waals surface area contributed by atoms with Gasteiger partial charge < -0.3 is 69.1 Å². The van der Waals surface area contributed by atoms with Crippen molar-refractivity contribution in [2.75, 3.05) is 26.2 Å². The van der Waals surface area contributed by atoms with Gasteiger partial charge in [0.15, 0.2) is 0 Å². The summed E-state index contributed by atoms with van der Waals surface area (Å²) in [6.45, 7) is 9.34. The van der Waals surface area contributed by atoms with Crippen LogP contribution in [-0.4, -0.2) is 154 Å². The highest BCUT2D eigenvalue weighted by molar-refractivity contribution is 5.97. The molecule has 2 heterocycles. The minimum absolute atomic E-state index is 0.0290. The van der Waals surface area contributed by atoms with Crippen LogP contribution in [0.2, 0.25) is 0 Å². The lowest BCUT2D eigenvalue weighted by Crippen LogP contribution is -2.61. The second kappa shape index (κ2) is 31.7. The molecular formula is C50H77N12O11. The van der Waals surface area contributed by atoms with Crippen molar-refractivity contribution < 1.29 is 53.4 Å². The average molecular weight is 1020 g/mol. The normalized spacial score (nSPS) is 16.2. The van der Waals surface area contributed by atoms with Crippen molar-refractivity contribution in [2.24, 2.45) is 17.4 Å². The van der Waals surface area contributed by atoms with E-state index in [9.17, 15) is 53.4 Å². The highest BCUT2D eigenvalue weighted by Gasteiger charge is 2.37. The molecule has 403 valence electrons. The fourth-order valence-electron chi connectivity index (χ4n) is 8.03. The number of aromatic nitrogens is 1. The van der Waals surface area contributed by atoms with E-state index in [4.69, 9.17) is 11.5 Å². The number of rotatable bonds is 32. The molecule has 1 aromatic heterocycles. The predicted octanol–water partition coefficient (Wildman–Crippen LogP) is -1.03. The van der Waals surface area contributed by atoms with Crippen LogP contribution in [0.5, 0.6) is 5.75 Å². The Morgan fingerprint density at radius 1 is 0.699 bits per heavy atom. The summed E-state index contributed by atoms with van der Waals surface area (Å²) in [7, 11) is 0. The molecule has 0 spiro atoms. The van der Waals surface area contributed by atoms with Crippen LogP contribution in [0, 0.1) is 5.92 Å². The number of hydrogen-bond donors (Lipinski definition) is 12. The van der Waals surface area contributed by atoms with Gasteiger partial charge in [0.2, 0.25) is 47.6 Å². The van der Waals surface area contributed by atoms with E-state index in [0.717, 1.165) is 0 Å². The van der Waals surface area contributed by atoms with Gasteiger partial charge in [0, 0.05) is 44.4 Å². The topological polar surface area (TPSA) is 358 Å². The van der Waals surface area contributed by atoms with Gasteiger partial charge in [-0.1, -0.05) is 45.9 Å². The van der Waals surface area contributed by atoms with E-state index in [1.54, 1.807) is 12.1 Å². The summed E-state index contributed by atoms with van der Waals surface area (Å²) in [5.41, 5.74) is 12.0. The molecule has 1 aromatic carbocycles. The molecule has 0 bridgehead atoms. The number of pyridine rings is 1. The Kier molecular flexibility index (Phi) is 26.3. The number of aliphatic hydroxyl groups is 1. The first-order chi connectivity index (χ1) is 34.7. The van der Waals surface area contributed by atoms with Gasteiger partial charge in [-0.25, -0.2) is 4.79 Å². The number of nitrogens with one attached hydrogen (secondary N) is 8.